The first-order valence-corrected chi connectivity index (χ1v) is 6.72. The molecule has 0 saturated carbocycles. The van der Waals surface area contributed by atoms with E-state index in [1.54, 1.807) is 0 Å². The predicted octanol–water partition coefficient (Wildman–Crippen LogP) is 3.19. The fraction of sp³-hybridized carbons (Fsp3) is 0.364. The van der Waals surface area contributed by atoms with Crippen molar-refractivity contribution >= 4 is 40.9 Å². The summed E-state index contributed by atoms with van der Waals surface area (Å²) in [6.45, 7) is 1.45. The van der Waals surface area contributed by atoms with Crippen LogP contribution in [-0.4, -0.2) is 16.1 Å². The van der Waals surface area contributed by atoms with Crippen molar-refractivity contribution in [2.75, 3.05) is 0 Å². The lowest BCUT2D eigenvalue weighted by Gasteiger charge is -2.18. The zero-order valence-corrected chi connectivity index (χ0v) is 11.1. The number of benzene rings is 1. The molecule has 0 unspecified atom stereocenters. The quantitative estimate of drug-likeness (QED) is 0.662. The molecule has 0 aromatic heterocycles. The van der Waals surface area contributed by atoms with Gasteiger partial charge in [-0.1, -0.05) is 30.3 Å². The van der Waals surface area contributed by atoms with E-state index in [9.17, 15) is 4.79 Å². The highest BCUT2D eigenvalue weighted by molar-refractivity contribution is 7.99. The van der Waals surface area contributed by atoms with Crippen molar-refractivity contribution in [1.29, 1.82) is 0 Å². The standard InChI is InChI=1S/C11H13Cl2NOS/c1-8(15)14-11(10(12)13)16-7-9-5-3-2-4-6-9/h2-6,10-11H,7H2,1H3,(H,14,15)/t11-/m0/s1. The Morgan fingerprint density at radius 1 is 1.38 bits per heavy atom. The van der Waals surface area contributed by atoms with Crippen molar-refractivity contribution in [3.05, 3.63) is 35.9 Å². The SMILES string of the molecule is CC(=O)N[C@@H](SCc1ccccc1)C(Cl)Cl. The van der Waals surface area contributed by atoms with Crippen LogP contribution in [0.25, 0.3) is 0 Å². The topological polar surface area (TPSA) is 29.1 Å². The number of hydrogen-bond acceptors (Lipinski definition) is 2. The lowest BCUT2D eigenvalue weighted by atomic mass is 10.2. The van der Waals surface area contributed by atoms with Gasteiger partial charge in [0.1, 0.15) is 10.2 Å². The van der Waals surface area contributed by atoms with Crippen LogP contribution < -0.4 is 5.32 Å². The molecule has 1 amide bonds. The zero-order valence-electron chi connectivity index (χ0n) is 8.82. The molecule has 88 valence electrons. The van der Waals surface area contributed by atoms with Crippen LogP contribution in [0.2, 0.25) is 0 Å². The number of amides is 1. The van der Waals surface area contributed by atoms with Gasteiger partial charge in [0.05, 0.1) is 0 Å². The molecule has 1 aromatic rings. The average molecular weight is 278 g/mol. The Morgan fingerprint density at radius 3 is 2.50 bits per heavy atom. The highest BCUT2D eigenvalue weighted by Crippen LogP contribution is 2.23. The number of thioether (sulfide) groups is 1. The van der Waals surface area contributed by atoms with E-state index in [2.05, 4.69) is 5.32 Å². The maximum Gasteiger partial charge on any atom is 0.217 e. The van der Waals surface area contributed by atoms with E-state index in [-0.39, 0.29) is 11.3 Å². The van der Waals surface area contributed by atoms with Gasteiger partial charge in [-0.05, 0) is 5.56 Å². The first-order chi connectivity index (χ1) is 7.59. The monoisotopic (exact) mass is 277 g/mol. The smallest absolute Gasteiger partial charge is 0.217 e. The summed E-state index contributed by atoms with van der Waals surface area (Å²) in [6.07, 6.45) is 0. The van der Waals surface area contributed by atoms with Crippen LogP contribution in [0.15, 0.2) is 30.3 Å². The lowest BCUT2D eigenvalue weighted by Crippen LogP contribution is -2.35. The highest BCUT2D eigenvalue weighted by atomic mass is 35.5. The van der Waals surface area contributed by atoms with Gasteiger partial charge in [0.15, 0.2) is 0 Å². The first kappa shape index (κ1) is 13.7. The minimum Gasteiger partial charge on any atom is -0.342 e. The molecule has 0 aliphatic carbocycles. The van der Waals surface area contributed by atoms with Crippen molar-refractivity contribution in [2.24, 2.45) is 0 Å². The van der Waals surface area contributed by atoms with Crippen LogP contribution in [0.3, 0.4) is 0 Å². The van der Waals surface area contributed by atoms with E-state index in [1.165, 1.54) is 24.2 Å². The first-order valence-electron chi connectivity index (χ1n) is 4.80. The molecule has 5 heteroatoms. The van der Waals surface area contributed by atoms with E-state index in [0.29, 0.717) is 0 Å². The van der Waals surface area contributed by atoms with Crippen LogP contribution in [0.4, 0.5) is 0 Å². The molecule has 1 N–H and O–H groups in total. The summed E-state index contributed by atoms with van der Waals surface area (Å²) in [6, 6.07) is 9.96. The number of halogens is 2. The van der Waals surface area contributed by atoms with Crippen molar-refractivity contribution in [3.8, 4) is 0 Å². The van der Waals surface area contributed by atoms with Gasteiger partial charge in [-0.25, -0.2) is 0 Å². The molecule has 0 heterocycles. The Hall–Kier alpha value is -0.380. The van der Waals surface area contributed by atoms with E-state index < -0.39 is 4.84 Å². The van der Waals surface area contributed by atoms with Crippen LogP contribution in [0.5, 0.6) is 0 Å². The predicted molar refractivity (Wildman–Crippen MR) is 70.8 cm³/mol. The summed E-state index contributed by atoms with van der Waals surface area (Å²) in [5, 5.41) is 2.43. The largest absolute Gasteiger partial charge is 0.342 e. The second-order valence-electron chi connectivity index (χ2n) is 3.25. The van der Waals surface area contributed by atoms with Gasteiger partial charge in [-0.3, -0.25) is 4.79 Å². The van der Waals surface area contributed by atoms with Gasteiger partial charge in [0, 0.05) is 12.7 Å². The van der Waals surface area contributed by atoms with Gasteiger partial charge in [-0.15, -0.1) is 35.0 Å². The van der Waals surface area contributed by atoms with Crippen molar-refractivity contribution < 1.29 is 4.79 Å². The molecule has 0 aliphatic heterocycles. The summed E-state index contributed by atoms with van der Waals surface area (Å²) >= 11 is 13.1. The summed E-state index contributed by atoms with van der Waals surface area (Å²) in [4.78, 5) is 10.3. The number of hydrogen-bond donors (Lipinski definition) is 1. The second kappa shape index (κ2) is 7.05. The molecular formula is C11H13Cl2NOS. The van der Waals surface area contributed by atoms with Crippen molar-refractivity contribution in [3.63, 3.8) is 0 Å². The summed E-state index contributed by atoms with van der Waals surface area (Å²) in [7, 11) is 0. The van der Waals surface area contributed by atoms with Gasteiger partial charge in [-0.2, -0.15) is 0 Å². The molecule has 1 aromatic carbocycles. The van der Waals surface area contributed by atoms with Gasteiger partial charge < -0.3 is 5.32 Å². The van der Waals surface area contributed by atoms with Crippen molar-refractivity contribution in [1.82, 2.24) is 5.32 Å². The van der Waals surface area contributed by atoms with E-state index in [1.807, 2.05) is 30.3 Å². The Balaban J connectivity index is 2.47. The Labute approximate surface area is 110 Å². The third kappa shape index (κ3) is 5.10. The second-order valence-corrected chi connectivity index (χ2v) is 5.55. The summed E-state index contributed by atoms with van der Waals surface area (Å²) in [5.74, 6) is 0.638. The number of alkyl halides is 2. The fourth-order valence-electron chi connectivity index (χ4n) is 1.14. The third-order valence-corrected chi connectivity index (χ3v) is 3.90. The zero-order chi connectivity index (χ0) is 12.0. The minimum absolute atomic E-state index is 0.128. The van der Waals surface area contributed by atoms with Gasteiger partial charge in [0.25, 0.3) is 0 Å². The van der Waals surface area contributed by atoms with Gasteiger partial charge >= 0.3 is 0 Å². The molecule has 1 atom stereocenters. The number of carbonyl (C=O) groups excluding carboxylic acids is 1. The van der Waals surface area contributed by atoms with Crippen LogP contribution >= 0.6 is 35.0 Å². The number of rotatable bonds is 5. The molecule has 0 aliphatic rings. The lowest BCUT2D eigenvalue weighted by molar-refractivity contribution is -0.119. The highest BCUT2D eigenvalue weighted by Gasteiger charge is 2.18. The minimum atomic E-state index is -0.613. The third-order valence-electron chi connectivity index (χ3n) is 1.85. The maximum absolute atomic E-state index is 10.9. The Kier molecular flexibility index (Phi) is 6.03. The average Bonchev–Trinajstić information content (AvgIpc) is 2.25. The Bertz CT molecular complexity index is 332. The number of carbonyl (C=O) groups is 1. The van der Waals surface area contributed by atoms with Crippen molar-refractivity contribution in [2.45, 2.75) is 22.9 Å². The molecule has 16 heavy (non-hydrogen) atoms. The normalized spacial score (nSPS) is 12.5. The number of nitrogens with one attached hydrogen (secondary N) is 1. The molecule has 0 radical (unpaired) electrons. The summed E-state index contributed by atoms with van der Waals surface area (Å²) in [5.41, 5.74) is 1.18. The van der Waals surface area contributed by atoms with Gasteiger partial charge in [0.2, 0.25) is 5.91 Å². The molecule has 2 nitrogen and oxygen atoms in total. The molecular weight excluding hydrogens is 265 g/mol. The molecule has 0 saturated heterocycles. The van der Waals surface area contributed by atoms with E-state index >= 15 is 0 Å². The molecule has 0 fully saturated rings. The maximum atomic E-state index is 10.9. The molecule has 1 rings (SSSR count). The van der Waals surface area contributed by atoms with Crippen LogP contribution in [0.1, 0.15) is 12.5 Å². The molecule has 0 spiro atoms. The van der Waals surface area contributed by atoms with Crippen LogP contribution in [0, 0.1) is 0 Å². The molecule has 0 bridgehead atoms. The van der Waals surface area contributed by atoms with E-state index in [4.69, 9.17) is 23.2 Å². The Morgan fingerprint density at radius 2 is 2.00 bits per heavy atom. The van der Waals surface area contributed by atoms with Crippen LogP contribution in [-0.2, 0) is 10.5 Å². The summed E-state index contributed by atoms with van der Waals surface area (Å²) < 4.78 is 0. The fourth-order valence-corrected chi connectivity index (χ4v) is 2.66. The van der Waals surface area contributed by atoms with E-state index in [0.717, 1.165) is 5.75 Å².